The van der Waals surface area contributed by atoms with Crippen molar-refractivity contribution in [3.05, 3.63) is 34.1 Å². The van der Waals surface area contributed by atoms with E-state index in [1.165, 1.54) is 7.11 Å². The lowest BCUT2D eigenvalue weighted by atomic mass is 10.1. The summed E-state index contributed by atoms with van der Waals surface area (Å²) < 4.78 is 18.4. The summed E-state index contributed by atoms with van der Waals surface area (Å²) in [6, 6.07) is 3.24. The van der Waals surface area contributed by atoms with Crippen LogP contribution in [0.15, 0.2) is 12.1 Å². The van der Waals surface area contributed by atoms with Crippen LogP contribution < -0.4 is 5.48 Å². The van der Waals surface area contributed by atoms with E-state index in [2.05, 4.69) is 10.3 Å². The predicted molar refractivity (Wildman–Crippen MR) is 56.0 cm³/mol. The van der Waals surface area contributed by atoms with E-state index in [1.54, 1.807) is 19.2 Å². The molecule has 0 aliphatic heterocycles. The lowest BCUT2D eigenvalue weighted by Crippen LogP contribution is -2.12. The van der Waals surface area contributed by atoms with E-state index < -0.39 is 5.82 Å². The second-order valence-electron chi connectivity index (χ2n) is 3.01. The number of ether oxygens (including phenoxy) is 1. The molecule has 0 unspecified atom stereocenters. The van der Waals surface area contributed by atoms with Gasteiger partial charge in [0.25, 0.3) is 0 Å². The summed E-state index contributed by atoms with van der Waals surface area (Å²) in [5, 5.41) is 0.0949. The highest BCUT2D eigenvalue weighted by atomic mass is 35.5. The van der Waals surface area contributed by atoms with Gasteiger partial charge in [0.2, 0.25) is 0 Å². The normalized spacial score (nSPS) is 10.7. The van der Waals surface area contributed by atoms with Crippen LogP contribution in [-0.2, 0) is 22.7 Å². The van der Waals surface area contributed by atoms with Crippen molar-refractivity contribution in [2.24, 2.45) is 0 Å². The second-order valence-corrected chi connectivity index (χ2v) is 3.42. The molecule has 1 N–H and O–H groups in total. The van der Waals surface area contributed by atoms with Crippen LogP contribution in [0.2, 0.25) is 5.02 Å². The predicted octanol–water partition coefficient (Wildman–Crippen LogP) is 2.28. The van der Waals surface area contributed by atoms with Gasteiger partial charge in [0.1, 0.15) is 5.82 Å². The van der Waals surface area contributed by atoms with Crippen molar-refractivity contribution in [3.63, 3.8) is 0 Å². The summed E-state index contributed by atoms with van der Waals surface area (Å²) in [5.41, 5.74) is 3.85. The molecule has 0 saturated carbocycles. The molecule has 0 spiro atoms. The maximum absolute atomic E-state index is 13.5. The van der Waals surface area contributed by atoms with E-state index in [0.717, 1.165) is 5.56 Å². The monoisotopic (exact) mass is 233 g/mol. The van der Waals surface area contributed by atoms with Gasteiger partial charge in [0.05, 0.1) is 18.7 Å². The van der Waals surface area contributed by atoms with Crippen molar-refractivity contribution in [3.8, 4) is 0 Å². The number of halogens is 2. The molecule has 0 saturated heterocycles. The molecule has 0 radical (unpaired) electrons. The standard InChI is InChI=1S/C10H13ClFNO2/c1-14-6-7-3-8(5-13-15-2)10(12)9(11)4-7/h3-4,13H,5-6H2,1-2H3. The molecule has 1 aromatic carbocycles. The molecule has 84 valence electrons. The molecule has 0 fully saturated rings. The van der Waals surface area contributed by atoms with Crippen molar-refractivity contribution in [2.75, 3.05) is 14.2 Å². The lowest BCUT2D eigenvalue weighted by Gasteiger charge is -2.08. The summed E-state index contributed by atoms with van der Waals surface area (Å²) in [5.74, 6) is -0.430. The summed E-state index contributed by atoms with van der Waals surface area (Å²) in [6.45, 7) is 0.666. The molecule has 0 aliphatic rings. The van der Waals surface area contributed by atoms with Gasteiger partial charge >= 0.3 is 0 Å². The van der Waals surface area contributed by atoms with E-state index in [4.69, 9.17) is 16.3 Å². The molecule has 0 aliphatic carbocycles. The van der Waals surface area contributed by atoms with Gasteiger partial charge < -0.3 is 9.57 Å². The largest absolute Gasteiger partial charge is 0.380 e. The zero-order valence-corrected chi connectivity index (χ0v) is 9.40. The van der Waals surface area contributed by atoms with Crippen LogP contribution in [-0.4, -0.2) is 14.2 Å². The summed E-state index contributed by atoms with van der Waals surface area (Å²) >= 11 is 5.73. The van der Waals surface area contributed by atoms with Crippen molar-refractivity contribution in [1.29, 1.82) is 0 Å². The van der Waals surface area contributed by atoms with Crippen LogP contribution in [0.5, 0.6) is 0 Å². The maximum atomic E-state index is 13.5. The fraction of sp³-hybridized carbons (Fsp3) is 0.400. The Morgan fingerprint density at radius 2 is 2.13 bits per heavy atom. The third-order valence-corrected chi connectivity index (χ3v) is 2.16. The van der Waals surface area contributed by atoms with Crippen molar-refractivity contribution in [2.45, 2.75) is 13.2 Å². The highest BCUT2D eigenvalue weighted by molar-refractivity contribution is 6.30. The first-order valence-corrected chi connectivity index (χ1v) is 4.78. The van der Waals surface area contributed by atoms with E-state index in [-0.39, 0.29) is 11.6 Å². The number of hydrogen-bond donors (Lipinski definition) is 1. The van der Waals surface area contributed by atoms with E-state index in [9.17, 15) is 4.39 Å². The van der Waals surface area contributed by atoms with Crippen LogP contribution in [0.3, 0.4) is 0 Å². The minimum absolute atomic E-state index is 0.0949. The highest BCUT2D eigenvalue weighted by Gasteiger charge is 2.09. The molecular weight excluding hydrogens is 221 g/mol. The smallest absolute Gasteiger partial charge is 0.146 e. The van der Waals surface area contributed by atoms with Gasteiger partial charge in [0.15, 0.2) is 0 Å². The Bertz CT molecular complexity index is 333. The first-order chi connectivity index (χ1) is 7.19. The fourth-order valence-corrected chi connectivity index (χ4v) is 1.50. The minimum atomic E-state index is -0.430. The van der Waals surface area contributed by atoms with Crippen LogP contribution >= 0.6 is 11.6 Å². The van der Waals surface area contributed by atoms with E-state index >= 15 is 0 Å². The molecule has 0 bridgehead atoms. The zero-order valence-electron chi connectivity index (χ0n) is 8.64. The number of hydrogen-bond acceptors (Lipinski definition) is 3. The van der Waals surface area contributed by atoms with Crippen LogP contribution in [0.1, 0.15) is 11.1 Å². The van der Waals surface area contributed by atoms with Gasteiger partial charge in [-0.1, -0.05) is 11.6 Å². The fourth-order valence-electron chi connectivity index (χ4n) is 1.24. The summed E-state index contributed by atoms with van der Waals surface area (Å²) in [7, 11) is 3.04. The molecule has 1 aromatic rings. The number of methoxy groups -OCH3 is 1. The third kappa shape index (κ3) is 3.43. The second kappa shape index (κ2) is 6.02. The Kier molecular flexibility index (Phi) is 4.98. The van der Waals surface area contributed by atoms with Gasteiger partial charge in [-0.25, -0.2) is 4.39 Å². The molecule has 5 heteroatoms. The lowest BCUT2D eigenvalue weighted by molar-refractivity contribution is 0.0858. The van der Waals surface area contributed by atoms with Gasteiger partial charge in [-0.15, -0.1) is 0 Å². The number of hydroxylamine groups is 1. The van der Waals surface area contributed by atoms with E-state index in [0.29, 0.717) is 12.2 Å². The molecule has 0 atom stereocenters. The molecular formula is C10H13ClFNO2. The SMILES string of the molecule is COCc1cc(Cl)c(F)c(CNOC)c1. The molecule has 15 heavy (non-hydrogen) atoms. The number of nitrogens with one attached hydrogen (secondary N) is 1. The average Bonchev–Trinajstić information content (AvgIpc) is 2.21. The Morgan fingerprint density at radius 1 is 1.40 bits per heavy atom. The minimum Gasteiger partial charge on any atom is -0.380 e. The number of benzene rings is 1. The Morgan fingerprint density at radius 3 is 2.73 bits per heavy atom. The molecule has 0 amide bonds. The molecule has 0 heterocycles. The Labute approximate surface area is 93.1 Å². The molecule has 3 nitrogen and oxygen atoms in total. The van der Waals surface area contributed by atoms with Crippen molar-refractivity contribution < 1.29 is 14.0 Å². The molecule has 0 aromatic heterocycles. The third-order valence-electron chi connectivity index (χ3n) is 1.88. The molecule has 1 rings (SSSR count). The van der Waals surface area contributed by atoms with Gasteiger partial charge in [-0.2, -0.15) is 5.48 Å². The van der Waals surface area contributed by atoms with Crippen LogP contribution in [0.4, 0.5) is 4.39 Å². The van der Waals surface area contributed by atoms with Crippen molar-refractivity contribution in [1.82, 2.24) is 5.48 Å². The Balaban J connectivity index is 2.91. The van der Waals surface area contributed by atoms with Gasteiger partial charge in [-0.3, -0.25) is 0 Å². The Hall–Kier alpha value is -0.680. The highest BCUT2D eigenvalue weighted by Crippen LogP contribution is 2.21. The van der Waals surface area contributed by atoms with E-state index in [1.807, 2.05) is 0 Å². The first kappa shape index (κ1) is 12.4. The maximum Gasteiger partial charge on any atom is 0.146 e. The van der Waals surface area contributed by atoms with Crippen LogP contribution in [0, 0.1) is 5.82 Å². The van der Waals surface area contributed by atoms with Crippen molar-refractivity contribution >= 4 is 11.6 Å². The summed E-state index contributed by atoms with van der Waals surface area (Å²) in [6.07, 6.45) is 0. The quantitative estimate of drug-likeness (QED) is 0.792. The average molecular weight is 234 g/mol. The number of rotatable bonds is 5. The van der Waals surface area contributed by atoms with Crippen LogP contribution in [0.25, 0.3) is 0 Å². The van der Waals surface area contributed by atoms with Gasteiger partial charge in [0, 0.05) is 19.2 Å². The first-order valence-electron chi connectivity index (χ1n) is 4.40. The topological polar surface area (TPSA) is 30.5 Å². The van der Waals surface area contributed by atoms with Gasteiger partial charge in [-0.05, 0) is 17.7 Å². The summed E-state index contributed by atoms with van der Waals surface area (Å²) in [4.78, 5) is 4.65. The zero-order chi connectivity index (χ0) is 11.3.